The van der Waals surface area contributed by atoms with Gasteiger partial charge in [0.2, 0.25) is 5.91 Å². The first-order valence-corrected chi connectivity index (χ1v) is 7.34. The molecule has 0 aliphatic heterocycles. The Kier molecular flexibility index (Phi) is 5.82. The lowest BCUT2D eigenvalue weighted by Crippen LogP contribution is -2.25. The second-order valence-corrected chi connectivity index (χ2v) is 5.08. The van der Waals surface area contributed by atoms with E-state index in [0.717, 1.165) is 18.5 Å². The number of imidazole rings is 1. The van der Waals surface area contributed by atoms with E-state index in [-0.39, 0.29) is 5.91 Å². The molecule has 1 heterocycles. The number of hydrogen-bond acceptors (Lipinski definition) is 4. The van der Waals surface area contributed by atoms with Crippen LogP contribution in [0.2, 0.25) is 0 Å². The summed E-state index contributed by atoms with van der Waals surface area (Å²) in [4.78, 5) is 15.8. The van der Waals surface area contributed by atoms with Crippen molar-refractivity contribution < 1.29 is 9.53 Å². The van der Waals surface area contributed by atoms with Crippen molar-refractivity contribution in [2.45, 2.75) is 25.8 Å². The topological polar surface area (TPSA) is 82.2 Å². The van der Waals surface area contributed by atoms with Crippen molar-refractivity contribution in [3.05, 3.63) is 42.5 Å². The fourth-order valence-corrected chi connectivity index (χ4v) is 2.19. The number of aryl methyl sites for hydroxylation is 2. The standard InChI is InChI=1S/C16H22N4O2/c1-22-15-5-3-13(11-14(15)17)4-6-16(21)19-7-2-9-20-10-8-18-12-20/h3,5,8,10-12H,2,4,6-7,9,17H2,1H3,(H,19,21). The van der Waals surface area contributed by atoms with E-state index in [2.05, 4.69) is 10.3 Å². The van der Waals surface area contributed by atoms with Gasteiger partial charge >= 0.3 is 0 Å². The summed E-state index contributed by atoms with van der Waals surface area (Å²) in [6.07, 6.45) is 7.45. The number of hydrogen-bond donors (Lipinski definition) is 2. The minimum absolute atomic E-state index is 0.0556. The molecular weight excluding hydrogens is 280 g/mol. The van der Waals surface area contributed by atoms with Crippen molar-refractivity contribution in [3.63, 3.8) is 0 Å². The lowest BCUT2D eigenvalue weighted by molar-refractivity contribution is -0.121. The van der Waals surface area contributed by atoms with Gasteiger partial charge in [-0.05, 0) is 30.5 Å². The molecule has 0 bridgehead atoms. The second-order valence-electron chi connectivity index (χ2n) is 5.08. The molecule has 0 spiro atoms. The second kappa shape index (κ2) is 8.07. The van der Waals surface area contributed by atoms with E-state index >= 15 is 0 Å². The number of nitrogens with zero attached hydrogens (tertiary/aromatic N) is 2. The minimum atomic E-state index is 0.0556. The van der Waals surface area contributed by atoms with Gasteiger partial charge in [0.25, 0.3) is 0 Å². The molecule has 0 aliphatic rings. The number of methoxy groups -OCH3 is 1. The molecule has 2 aromatic rings. The third-order valence-corrected chi connectivity index (χ3v) is 3.41. The third-order valence-electron chi connectivity index (χ3n) is 3.41. The number of carbonyl (C=O) groups excluding carboxylic acids is 1. The molecule has 3 N–H and O–H groups in total. The van der Waals surface area contributed by atoms with Gasteiger partial charge in [0, 0.05) is 31.9 Å². The van der Waals surface area contributed by atoms with Gasteiger partial charge in [-0.2, -0.15) is 0 Å². The van der Waals surface area contributed by atoms with Crippen molar-refractivity contribution in [2.75, 3.05) is 19.4 Å². The highest BCUT2D eigenvalue weighted by atomic mass is 16.5. The Hall–Kier alpha value is -2.50. The Morgan fingerprint density at radius 3 is 3.00 bits per heavy atom. The summed E-state index contributed by atoms with van der Waals surface area (Å²) in [7, 11) is 1.59. The third kappa shape index (κ3) is 4.80. The Morgan fingerprint density at radius 1 is 1.45 bits per heavy atom. The summed E-state index contributed by atoms with van der Waals surface area (Å²) >= 11 is 0. The van der Waals surface area contributed by atoms with E-state index in [1.807, 2.05) is 29.0 Å². The molecule has 2 rings (SSSR count). The van der Waals surface area contributed by atoms with E-state index in [1.54, 1.807) is 19.6 Å². The maximum absolute atomic E-state index is 11.8. The first-order valence-electron chi connectivity index (χ1n) is 7.34. The average molecular weight is 302 g/mol. The maximum Gasteiger partial charge on any atom is 0.220 e. The molecule has 0 fully saturated rings. The number of nitrogens with two attached hydrogens (primary N) is 1. The van der Waals surface area contributed by atoms with Gasteiger partial charge in [-0.25, -0.2) is 4.98 Å². The van der Waals surface area contributed by atoms with Gasteiger partial charge in [0.1, 0.15) is 5.75 Å². The lowest BCUT2D eigenvalue weighted by atomic mass is 10.1. The Morgan fingerprint density at radius 2 is 2.32 bits per heavy atom. The molecule has 22 heavy (non-hydrogen) atoms. The van der Waals surface area contributed by atoms with Crippen molar-refractivity contribution in [1.29, 1.82) is 0 Å². The van der Waals surface area contributed by atoms with Crippen molar-refractivity contribution in [1.82, 2.24) is 14.9 Å². The van der Waals surface area contributed by atoms with Crippen LogP contribution in [0, 0.1) is 0 Å². The molecule has 1 amide bonds. The van der Waals surface area contributed by atoms with Crippen LogP contribution in [0.3, 0.4) is 0 Å². The summed E-state index contributed by atoms with van der Waals surface area (Å²) in [5, 5.41) is 2.92. The van der Waals surface area contributed by atoms with Gasteiger partial charge in [-0.15, -0.1) is 0 Å². The Bertz CT molecular complexity index is 596. The van der Waals surface area contributed by atoms with Gasteiger partial charge in [-0.3, -0.25) is 4.79 Å². The number of carbonyl (C=O) groups is 1. The number of amides is 1. The van der Waals surface area contributed by atoms with Crippen LogP contribution in [0.5, 0.6) is 5.75 Å². The molecule has 1 aromatic carbocycles. The van der Waals surface area contributed by atoms with Crippen LogP contribution in [0.15, 0.2) is 36.9 Å². The molecule has 6 heteroatoms. The normalized spacial score (nSPS) is 10.4. The summed E-state index contributed by atoms with van der Waals surface area (Å²) in [6, 6.07) is 5.61. The van der Waals surface area contributed by atoms with Crippen LogP contribution >= 0.6 is 0 Å². The van der Waals surface area contributed by atoms with Crippen LogP contribution in [-0.2, 0) is 17.8 Å². The first-order chi connectivity index (χ1) is 10.7. The largest absolute Gasteiger partial charge is 0.495 e. The van der Waals surface area contributed by atoms with Crippen LogP contribution in [-0.4, -0.2) is 29.1 Å². The van der Waals surface area contributed by atoms with Crippen LogP contribution in [0.4, 0.5) is 5.69 Å². The first kappa shape index (κ1) is 15.9. The van der Waals surface area contributed by atoms with Crippen LogP contribution in [0.25, 0.3) is 0 Å². The fraction of sp³-hybridized carbons (Fsp3) is 0.375. The van der Waals surface area contributed by atoms with E-state index in [4.69, 9.17) is 10.5 Å². The van der Waals surface area contributed by atoms with Gasteiger partial charge in [-0.1, -0.05) is 6.07 Å². The van der Waals surface area contributed by atoms with E-state index in [1.165, 1.54) is 0 Å². The van der Waals surface area contributed by atoms with Gasteiger partial charge in [0.05, 0.1) is 19.1 Å². The van der Waals surface area contributed by atoms with Gasteiger partial charge < -0.3 is 20.4 Å². The van der Waals surface area contributed by atoms with Crippen molar-refractivity contribution in [3.8, 4) is 5.75 Å². The van der Waals surface area contributed by atoms with Gasteiger partial charge in [0.15, 0.2) is 0 Å². The average Bonchev–Trinajstić information content (AvgIpc) is 3.03. The molecule has 0 unspecified atom stereocenters. The molecule has 118 valence electrons. The smallest absolute Gasteiger partial charge is 0.220 e. The molecule has 0 saturated heterocycles. The lowest BCUT2D eigenvalue weighted by Gasteiger charge is -2.08. The zero-order valence-electron chi connectivity index (χ0n) is 12.8. The summed E-state index contributed by atoms with van der Waals surface area (Å²) in [6.45, 7) is 1.52. The highest BCUT2D eigenvalue weighted by Crippen LogP contribution is 2.22. The number of nitrogen functional groups attached to an aromatic ring is 1. The zero-order chi connectivity index (χ0) is 15.8. The minimum Gasteiger partial charge on any atom is -0.495 e. The molecule has 0 aliphatic carbocycles. The number of aromatic nitrogens is 2. The molecular formula is C16H22N4O2. The van der Waals surface area contributed by atoms with Crippen LogP contribution < -0.4 is 15.8 Å². The number of ether oxygens (including phenoxy) is 1. The highest BCUT2D eigenvalue weighted by Gasteiger charge is 2.04. The number of anilines is 1. The number of benzene rings is 1. The molecule has 0 atom stereocenters. The SMILES string of the molecule is COc1ccc(CCC(=O)NCCCn2ccnc2)cc1N. The maximum atomic E-state index is 11.8. The summed E-state index contributed by atoms with van der Waals surface area (Å²) in [5.74, 6) is 0.715. The van der Waals surface area contributed by atoms with Crippen molar-refractivity contribution in [2.24, 2.45) is 0 Å². The molecule has 1 aromatic heterocycles. The zero-order valence-corrected chi connectivity index (χ0v) is 12.8. The van der Waals surface area contributed by atoms with E-state index in [9.17, 15) is 4.79 Å². The predicted octanol–water partition coefficient (Wildman–Crippen LogP) is 1.61. The Balaban J connectivity index is 1.66. The summed E-state index contributed by atoms with van der Waals surface area (Å²) < 4.78 is 7.10. The monoisotopic (exact) mass is 302 g/mol. The molecule has 6 nitrogen and oxygen atoms in total. The van der Waals surface area contributed by atoms with Crippen LogP contribution in [0.1, 0.15) is 18.4 Å². The number of nitrogens with one attached hydrogen (secondary N) is 1. The molecule has 0 radical (unpaired) electrons. The van der Waals surface area contributed by atoms with E-state index in [0.29, 0.717) is 30.8 Å². The Labute approximate surface area is 130 Å². The summed E-state index contributed by atoms with van der Waals surface area (Å²) in [5.41, 5.74) is 7.48. The predicted molar refractivity (Wildman–Crippen MR) is 85.6 cm³/mol. The fourth-order valence-electron chi connectivity index (χ4n) is 2.19. The highest BCUT2D eigenvalue weighted by molar-refractivity contribution is 5.76. The molecule has 0 saturated carbocycles. The van der Waals surface area contributed by atoms with Crippen molar-refractivity contribution >= 4 is 11.6 Å². The number of rotatable bonds is 8. The van der Waals surface area contributed by atoms with E-state index < -0.39 is 0 Å². The quantitative estimate of drug-likeness (QED) is 0.573.